The van der Waals surface area contributed by atoms with Gasteiger partial charge in [0.15, 0.2) is 0 Å². The van der Waals surface area contributed by atoms with Crippen molar-refractivity contribution in [1.82, 2.24) is 9.97 Å². The van der Waals surface area contributed by atoms with Gasteiger partial charge in [-0.2, -0.15) is 0 Å². The summed E-state index contributed by atoms with van der Waals surface area (Å²) >= 11 is 0. The topological polar surface area (TPSA) is 37.8 Å². The molecule has 3 heteroatoms. The number of fused-ring (bicyclic) bond motifs is 1. The predicted molar refractivity (Wildman–Crippen MR) is 66.6 cm³/mol. The first-order chi connectivity index (χ1) is 7.81. The molecule has 16 heavy (non-hydrogen) atoms. The number of aryl methyl sites for hydroxylation is 1. The molecule has 3 nitrogen and oxygen atoms in total. The first kappa shape index (κ1) is 11.4. The number of aromatic nitrogens is 2. The molecule has 88 valence electrons. The summed E-state index contributed by atoms with van der Waals surface area (Å²) in [4.78, 5) is 8.75. The van der Waals surface area contributed by atoms with Crippen LogP contribution in [0.2, 0.25) is 0 Å². The van der Waals surface area contributed by atoms with E-state index < -0.39 is 0 Å². The van der Waals surface area contributed by atoms with Gasteiger partial charge in [-0.3, -0.25) is 0 Å². The summed E-state index contributed by atoms with van der Waals surface area (Å²) < 4.78 is 0. The fourth-order valence-corrected chi connectivity index (χ4v) is 2.09. The number of rotatable bonds is 4. The maximum absolute atomic E-state index is 4.38. The number of hydrogen-bond acceptors (Lipinski definition) is 3. The summed E-state index contributed by atoms with van der Waals surface area (Å²) in [6.07, 6.45) is 7.71. The van der Waals surface area contributed by atoms with E-state index in [1.807, 2.05) is 0 Å². The van der Waals surface area contributed by atoms with Crippen LogP contribution in [0.25, 0.3) is 0 Å². The summed E-state index contributed by atoms with van der Waals surface area (Å²) in [6, 6.07) is 0. The Morgan fingerprint density at radius 1 is 1.31 bits per heavy atom. The molecular weight excluding hydrogens is 198 g/mol. The largest absolute Gasteiger partial charge is 0.369 e. The Balaban J connectivity index is 2.08. The van der Waals surface area contributed by atoms with Gasteiger partial charge in [0.1, 0.15) is 12.1 Å². The smallest absolute Gasteiger partial charge is 0.132 e. The van der Waals surface area contributed by atoms with E-state index in [-0.39, 0.29) is 0 Å². The molecule has 2 rings (SSSR count). The van der Waals surface area contributed by atoms with E-state index >= 15 is 0 Å². The zero-order valence-electron chi connectivity index (χ0n) is 10.3. The molecule has 1 aromatic heterocycles. The van der Waals surface area contributed by atoms with E-state index in [1.54, 1.807) is 6.33 Å². The van der Waals surface area contributed by atoms with Crippen molar-refractivity contribution in [2.24, 2.45) is 5.92 Å². The van der Waals surface area contributed by atoms with Crippen molar-refractivity contribution in [2.75, 3.05) is 11.9 Å². The normalized spacial score (nSPS) is 16.6. The molecule has 0 radical (unpaired) electrons. The van der Waals surface area contributed by atoms with Gasteiger partial charge in [-0.05, 0) is 31.6 Å². The lowest BCUT2D eigenvalue weighted by atomic mass is 9.96. The summed E-state index contributed by atoms with van der Waals surface area (Å²) in [6.45, 7) is 5.50. The average Bonchev–Trinajstić information content (AvgIpc) is 2.35. The van der Waals surface area contributed by atoms with Crippen LogP contribution in [0.1, 0.15) is 44.4 Å². The van der Waals surface area contributed by atoms with Crippen LogP contribution in [-0.2, 0) is 12.8 Å². The maximum atomic E-state index is 4.38. The highest BCUT2D eigenvalue weighted by Crippen LogP contribution is 2.24. The van der Waals surface area contributed by atoms with Crippen molar-refractivity contribution in [3.05, 3.63) is 17.6 Å². The molecule has 0 aliphatic heterocycles. The van der Waals surface area contributed by atoms with Crippen molar-refractivity contribution in [1.29, 1.82) is 0 Å². The molecule has 0 fully saturated rings. The van der Waals surface area contributed by atoms with Gasteiger partial charge in [0.2, 0.25) is 0 Å². The first-order valence-corrected chi connectivity index (χ1v) is 6.38. The number of nitrogens with zero attached hydrogens (tertiary/aromatic N) is 2. The Labute approximate surface area is 97.7 Å². The molecule has 0 saturated heterocycles. The van der Waals surface area contributed by atoms with Crippen molar-refractivity contribution < 1.29 is 0 Å². The molecule has 1 atom stereocenters. The summed E-state index contributed by atoms with van der Waals surface area (Å²) in [7, 11) is 0. The SMILES string of the molecule is CCC(C)CNc1ncnc2c1CCCC2. The summed E-state index contributed by atoms with van der Waals surface area (Å²) in [5, 5.41) is 3.47. The Bertz CT molecular complexity index is 349. The third kappa shape index (κ3) is 2.52. The lowest BCUT2D eigenvalue weighted by Crippen LogP contribution is -2.16. The molecule has 1 heterocycles. The highest BCUT2D eigenvalue weighted by Gasteiger charge is 2.15. The second-order valence-electron chi connectivity index (χ2n) is 4.75. The molecular formula is C13H21N3. The van der Waals surface area contributed by atoms with E-state index in [1.165, 1.54) is 30.5 Å². The van der Waals surface area contributed by atoms with Crippen LogP contribution in [0.5, 0.6) is 0 Å². The van der Waals surface area contributed by atoms with Gasteiger partial charge < -0.3 is 5.32 Å². The summed E-state index contributed by atoms with van der Waals surface area (Å²) in [5.74, 6) is 1.78. The molecule has 0 bridgehead atoms. The molecule has 1 N–H and O–H groups in total. The quantitative estimate of drug-likeness (QED) is 0.846. The van der Waals surface area contributed by atoms with Crippen LogP contribution in [0.4, 0.5) is 5.82 Å². The van der Waals surface area contributed by atoms with Gasteiger partial charge in [-0.15, -0.1) is 0 Å². The third-order valence-electron chi connectivity index (χ3n) is 3.44. The monoisotopic (exact) mass is 219 g/mol. The van der Waals surface area contributed by atoms with Crippen molar-refractivity contribution in [2.45, 2.75) is 46.0 Å². The van der Waals surface area contributed by atoms with Gasteiger partial charge in [0, 0.05) is 17.8 Å². The zero-order chi connectivity index (χ0) is 11.4. The highest BCUT2D eigenvalue weighted by atomic mass is 15.0. The van der Waals surface area contributed by atoms with Gasteiger partial charge in [0.25, 0.3) is 0 Å². The lowest BCUT2D eigenvalue weighted by molar-refractivity contribution is 0.590. The molecule has 1 aliphatic rings. The number of anilines is 1. The molecule has 0 amide bonds. The fraction of sp³-hybridized carbons (Fsp3) is 0.692. The van der Waals surface area contributed by atoms with Crippen LogP contribution in [-0.4, -0.2) is 16.5 Å². The van der Waals surface area contributed by atoms with E-state index in [4.69, 9.17) is 0 Å². The standard InChI is InChI=1S/C13H21N3/c1-3-10(2)8-14-13-11-6-4-5-7-12(11)15-9-16-13/h9-10H,3-8H2,1-2H3,(H,14,15,16). The minimum atomic E-state index is 0.703. The van der Waals surface area contributed by atoms with E-state index in [0.717, 1.165) is 25.2 Å². The van der Waals surface area contributed by atoms with Crippen LogP contribution in [0.3, 0.4) is 0 Å². The average molecular weight is 219 g/mol. The van der Waals surface area contributed by atoms with E-state index in [0.29, 0.717) is 5.92 Å². The molecule has 1 aromatic rings. The minimum absolute atomic E-state index is 0.703. The summed E-state index contributed by atoms with van der Waals surface area (Å²) in [5.41, 5.74) is 2.62. The molecule has 0 aromatic carbocycles. The van der Waals surface area contributed by atoms with Crippen molar-refractivity contribution in [3.8, 4) is 0 Å². The molecule has 0 spiro atoms. The van der Waals surface area contributed by atoms with Crippen LogP contribution in [0.15, 0.2) is 6.33 Å². The molecule has 1 unspecified atom stereocenters. The van der Waals surface area contributed by atoms with Crippen LogP contribution >= 0.6 is 0 Å². The Kier molecular flexibility index (Phi) is 3.75. The van der Waals surface area contributed by atoms with Gasteiger partial charge in [0.05, 0.1) is 0 Å². The van der Waals surface area contributed by atoms with Crippen LogP contribution in [0, 0.1) is 5.92 Å². The lowest BCUT2D eigenvalue weighted by Gasteiger charge is -2.19. The van der Waals surface area contributed by atoms with E-state index in [2.05, 4.69) is 29.1 Å². The molecule has 0 saturated carbocycles. The first-order valence-electron chi connectivity index (χ1n) is 6.38. The zero-order valence-corrected chi connectivity index (χ0v) is 10.3. The molecule has 1 aliphatic carbocycles. The van der Waals surface area contributed by atoms with Gasteiger partial charge >= 0.3 is 0 Å². The number of nitrogens with one attached hydrogen (secondary N) is 1. The number of hydrogen-bond donors (Lipinski definition) is 1. The van der Waals surface area contributed by atoms with Gasteiger partial charge in [-0.25, -0.2) is 9.97 Å². The highest BCUT2D eigenvalue weighted by molar-refractivity contribution is 5.46. The minimum Gasteiger partial charge on any atom is -0.369 e. The Morgan fingerprint density at radius 2 is 2.12 bits per heavy atom. The second-order valence-corrected chi connectivity index (χ2v) is 4.75. The van der Waals surface area contributed by atoms with Crippen molar-refractivity contribution in [3.63, 3.8) is 0 Å². The fourth-order valence-electron chi connectivity index (χ4n) is 2.09. The van der Waals surface area contributed by atoms with Crippen molar-refractivity contribution >= 4 is 5.82 Å². The van der Waals surface area contributed by atoms with Gasteiger partial charge in [-0.1, -0.05) is 20.3 Å². The van der Waals surface area contributed by atoms with E-state index in [9.17, 15) is 0 Å². The van der Waals surface area contributed by atoms with Crippen LogP contribution < -0.4 is 5.32 Å². The second kappa shape index (κ2) is 5.28. The third-order valence-corrected chi connectivity index (χ3v) is 3.44. The maximum Gasteiger partial charge on any atom is 0.132 e. The predicted octanol–water partition coefficient (Wildman–Crippen LogP) is 2.81. The Morgan fingerprint density at radius 3 is 2.94 bits per heavy atom. The Hall–Kier alpha value is -1.12.